The summed E-state index contributed by atoms with van der Waals surface area (Å²) in [5, 5.41) is 2.29. The lowest BCUT2D eigenvalue weighted by Gasteiger charge is -2.14. The number of ether oxygens (including phenoxy) is 1. The van der Waals surface area contributed by atoms with Crippen LogP contribution in [0.1, 0.15) is 17.3 Å². The lowest BCUT2D eigenvalue weighted by molar-refractivity contribution is -0.123. The van der Waals surface area contributed by atoms with Crippen LogP contribution in [-0.4, -0.2) is 32.7 Å². The van der Waals surface area contributed by atoms with Gasteiger partial charge >= 0.3 is 5.97 Å². The number of hydrogen-bond acceptors (Lipinski definition) is 5. The van der Waals surface area contributed by atoms with Gasteiger partial charge in [-0.05, 0) is 43.3 Å². The Morgan fingerprint density at radius 2 is 1.65 bits per heavy atom. The van der Waals surface area contributed by atoms with Gasteiger partial charge in [-0.3, -0.25) is 4.79 Å². The predicted octanol–water partition coefficient (Wildman–Crippen LogP) is 2.55. The van der Waals surface area contributed by atoms with Crippen molar-refractivity contribution in [3.8, 4) is 0 Å². The molecule has 1 amide bonds. The number of esters is 1. The average Bonchev–Trinajstić information content (AvgIpc) is 2.57. The molecule has 0 fully saturated rings. The number of hydrogen-bond donors (Lipinski definition) is 1. The molecule has 0 bridgehead atoms. The SMILES string of the molecule is C[C@@H](OC(=O)c1ccc(S(C)(=O)=O)cc1)C(=O)Nc1ccc(F)c(F)c1. The third-order valence-corrected chi connectivity index (χ3v) is 4.49. The molecule has 0 radical (unpaired) electrons. The second kappa shape index (κ2) is 7.61. The highest BCUT2D eigenvalue weighted by Crippen LogP contribution is 2.15. The Hall–Kier alpha value is -2.81. The summed E-state index contributed by atoms with van der Waals surface area (Å²) in [6.07, 6.45) is -0.185. The van der Waals surface area contributed by atoms with Crippen molar-refractivity contribution >= 4 is 27.4 Å². The summed E-state index contributed by atoms with van der Waals surface area (Å²) in [5.41, 5.74) is 0.0687. The van der Waals surface area contributed by atoms with Gasteiger partial charge in [-0.1, -0.05) is 0 Å². The van der Waals surface area contributed by atoms with Gasteiger partial charge in [-0.25, -0.2) is 22.0 Å². The van der Waals surface area contributed by atoms with Crippen LogP contribution >= 0.6 is 0 Å². The molecule has 0 aliphatic carbocycles. The molecule has 1 atom stereocenters. The third-order valence-electron chi connectivity index (χ3n) is 3.36. The van der Waals surface area contributed by atoms with Gasteiger partial charge in [0.1, 0.15) is 0 Å². The minimum atomic E-state index is -3.40. The van der Waals surface area contributed by atoms with E-state index in [2.05, 4.69) is 5.32 Å². The van der Waals surface area contributed by atoms with Crippen LogP contribution in [0, 0.1) is 11.6 Å². The number of amides is 1. The summed E-state index contributed by atoms with van der Waals surface area (Å²) in [6, 6.07) is 7.83. The Bertz CT molecular complexity index is 942. The normalized spacial score (nSPS) is 12.3. The van der Waals surface area contributed by atoms with Crippen molar-refractivity contribution in [2.24, 2.45) is 0 Å². The average molecular weight is 383 g/mol. The number of sulfone groups is 1. The van der Waals surface area contributed by atoms with E-state index in [1.807, 2.05) is 0 Å². The minimum Gasteiger partial charge on any atom is -0.449 e. The molecule has 9 heteroatoms. The maximum atomic E-state index is 13.1. The largest absolute Gasteiger partial charge is 0.449 e. The smallest absolute Gasteiger partial charge is 0.338 e. The zero-order valence-corrected chi connectivity index (χ0v) is 14.6. The van der Waals surface area contributed by atoms with Gasteiger partial charge < -0.3 is 10.1 Å². The Kier molecular flexibility index (Phi) is 5.71. The van der Waals surface area contributed by atoms with Gasteiger partial charge in [-0.15, -0.1) is 0 Å². The summed E-state index contributed by atoms with van der Waals surface area (Å²) in [5.74, 6) is -3.76. The number of carbonyl (C=O) groups excluding carboxylic acids is 2. The Morgan fingerprint density at radius 1 is 1.04 bits per heavy atom. The number of anilines is 1. The molecule has 1 N–H and O–H groups in total. The number of nitrogens with one attached hydrogen (secondary N) is 1. The van der Waals surface area contributed by atoms with Gasteiger partial charge in [-0.2, -0.15) is 0 Å². The molecule has 0 aliphatic heterocycles. The van der Waals surface area contributed by atoms with Crippen LogP contribution in [0.15, 0.2) is 47.4 Å². The van der Waals surface area contributed by atoms with Crippen LogP contribution in [0.5, 0.6) is 0 Å². The first-order chi connectivity index (χ1) is 12.1. The number of halogens is 2. The van der Waals surface area contributed by atoms with E-state index in [0.29, 0.717) is 0 Å². The summed E-state index contributed by atoms with van der Waals surface area (Å²) < 4.78 is 53.7. The molecule has 6 nitrogen and oxygen atoms in total. The highest BCUT2D eigenvalue weighted by Gasteiger charge is 2.20. The van der Waals surface area contributed by atoms with Gasteiger partial charge in [0.2, 0.25) is 0 Å². The van der Waals surface area contributed by atoms with Crippen molar-refractivity contribution in [3.63, 3.8) is 0 Å². The van der Waals surface area contributed by atoms with Crippen molar-refractivity contribution in [2.75, 3.05) is 11.6 Å². The molecule has 0 spiro atoms. The fourth-order valence-corrected chi connectivity index (χ4v) is 2.57. The third kappa shape index (κ3) is 4.85. The van der Waals surface area contributed by atoms with Crippen LogP contribution in [0.3, 0.4) is 0 Å². The summed E-state index contributed by atoms with van der Waals surface area (Å²) in [4.78, 5) is 24.0. The van der Waals surface area contributed by atoms with E-state index in [0.717, 1.165) is 24.5 Å². The predicted molar refractivity (Wildman–Crippen MR) is 89.4 cm³/mol. The van der Waals surface area contributed by atoms with Crippen molar-refractivity contribution in [1.29, 1.82) is 0 Å². The van der Waals surface area contributed by atoms with E-state index < -0.39 is 39.5 Å². The van der Waals surface area contributed by atoms with Crippen molar-refractivity contribution < 1.29 is 31.5 Å². The second-order valence-corrected chi connectivity index (χ2v) is 7.48. The topological polar surface area (TPSA) is 89.5 Å². The van der Waals surface area contributed by atoms with Crippen LogP contribution in [-0.2, 0) is 19.4 Å². The first-order valence-corrected chi connectivity index (χ1v) is 9.24. The molecule has 0 aromatic heterocycles. The van der Waals surface area contributed by atoms with Gasteiger partial charge in [0.15, 0.2) is 27.6 Å². The maximum absolute atomic E-state index is 13.1. The van der Waals surface area contributed by atoms with E-state index in [9.17, 15) is 26.8 Å². The van der Waals surface area contributed by atoms with Crippen LogP contribution < -0.4 is 5.32 Å². The second-order valence-electron chi connectivity index (χ2n) is 5.46. The van der Waals surface area contributed by atoms with Crippen molar-refractivity contribution in [1.82, 2.24) is 0 Å². The Morgan fingerprint density at radius 3 is 2.19 bits per heavy atom. The lowest BCUT2D eigenvalue weighted by atomic mass is 10.2. The fourth-order valence-electron chi connectivity index (χ4n) is 1.94. The van der Waals surface area contributed by atoms with Gasteiger partial charge in [0, 0.05) is 18.0 Å². The Balaban J connectivity index is 2.01. The van der Waals surface area contributed by atoms with Crippen molar-refractivity contribution in [3.05, 3.63) is 59.7 Å². The highest BCUT2D eigenvalue weighted by atomic mass is 32.2. The Labute approximate surface area is 148 Å². The summed E-state index contributed by atoms with van der Waals surface area (Å²) in [6.45, 7) is 1.30. The molecule has 0 unspecified atom stereocenters. The van der Waals surface area contributed by atoms with E-state index in [1.165, 1.54) is 31.2 Å². The number of benzene rings is 2. The molecule has 0 aliphatic rings. The van der Waals surface area contributed by atoms with E-state index in [4.69, 9.17) is 4.74 Å². The first kappa shape index (κ1) is 19.5. The molecule has 2 aromatic rings. The summed E-state index contributed by atoms with van der Waals surface area (Å²) in [7, 11) is -3.40. The summed E-state index contributed by atoms with van der Waals surface area (Å²) >= 11 is 0. The lowest BCUT2D eigenvalue weighted by Crippen LogP contribution is -2.30. The molecule has 2 rings (SSSR count). The number of carbonyl (C=O) groups is 2. The van der Waals surface area contributed by atoms with Gasteiger partial charge in [0.25, 0.3) is 5.91 Å². The molecule has 0 saturated carbocycles. The molecule has 0 saturated heterocycles. The molecule has 138 valence electrons. The van der Waals surface area contributed by atoms with Crippen molar-refractivity contribution in [2.45, 2.75) is 17.9 Å². The molecule has 2 aromatic carbocycles. The fraction of sp³-hybridized carbons (Fsp3) is 0.176. The monoisotopic (exact) mass is 383 g/mol. The zero-order chi connectivity index (χ0) is 19.5. The van der Waals surface area contributed by atoms with E-state index in [-0.39, 0.29) is 16.1 Å². The zero-order valence-electron chi connectivity index (χ0n) is 13.8. The van der Waals surface area contributed by atoms with E-state index >= 15 is 0 Å². The van der Waals surface area contributed by atoms with Crippen LogP contribution in [0.25, 0.3) is 0 Å². The van der Waals surface area contributed by atoms with Crippen LogP contribution in [0.2, 0.25) is 0 Å². The maximum Gasteiger partial charge on any atom is 0.338 e. The van der Waals surface area contributed by atoms with E-state index in [1.54, 1.807) is 0 Å². The molecular formula is C17H15F2NO5S. The van der Waals surface area contributed by atoms with Gasteiger partial charge in [0.05, 0.1) is 10.5 Å². The minimum absolute atomic E-state index is 0.00862. The van der Waals surface area contributed by atoms with Crippen LogP contribution in [0.4, 0.5) is 14.5 Å². The number of rotatable bonds is 5. The molecule has 26 heavy (non-hydrogen) atoms. The molecule has 0 heterocycles. The highest BCUT2D eigenvalue weighted by molar-refractivity contribution is 7.90. The molecular weight excluding hydrogens is 368 g/mol. The quantitative estimate of drug-likeness (QED) is 0.802. The first-order valence-electron chi connectivity index (χ1n) is 7.35. The standard InChI is InChI=1S/C17H15F2NO5S/c1-10(16(21)20-12-5-8-14(18)15(19)9-12)25-17(22)11-3-6-13(7-4-11)26(2,23)24/h3-10H,1-2H3,(H,20,21)/t10-/m1/s1.